The van der Waals surface area contributed by atoms with Crippen molar-refractivity contribution in [3.63, 3.8) is 0 Å². The van der Waals surface area contributed by atoms with Gasteiger partial charge in [-0.1, -0.05) is 5.16 Å². The molecule has 2 aromatic rings. The maximum absolute atomic E-state index is 12.2. The molecule has 1 aliphatic heterocycles. The summed E-state index contributed by atoms with van der Waals surface area (Å²) >= 11 is 1.59. The molecular weight excluding hydrogens is 288 g/mol. The molecule has 0 bridgehead atoms. The highest BCUT2D eigenvalue weighted by atomic mass is 32.1. The van der Waals surface area contributed by atoms with Crippen molar-refractivity contribution in [2.45, 2.75) is 25.8 Å². The molecule has 0 aromatic carbocycles. The first-order valence-corrected chi connectivity index (χ1v) is 8.03. The first kappa shape index (κ1) is 14.2. The molecule has 1 saturated heterocycles. The van der Waals surface area contributed by atoms with Gasteiger partial charge in [-0.05, 0) is 18.4 Å². The summed E-state index contributed by atoms with van der Waals surface area (Å²) in [4.78, 5) is 18.5. The molecule has 3 rings (SSSR count). The normalized spacial score (nSPS) is 18.9. The first-order valence-electron chi connectivity index (χ1n) is 7.09. The lowest BCUT2D eigenvalue weighted by molar-refractivity contribution is -0.134. The Balaban J connectivity index is 1.56. The van der Waals surface area contributed by atoms with Crippen LogP contribution in [0.2, 0.25) is 0 Å². The van der Waals surface area contributed by atoms with Crippen molar-refractivity contribution in [2.24, 2.45) is 0 Å². The highest BCUT2D eigenvalue weighted by molar-refractivity contribution is 7.08. The second-order valence-corrected chi connectivity index (χ2v) is 5.94. The van der Waals surface area contributed by atoms with Crippen LogP contribution in [0.25, 0.3) is 11.4 Å². The Kier molecular flexibility index (Phi) is 4.31. The average molecular weight is 306 g/mol. The predicted octanol–water partition coefficient (Wildman–Crippen LogP) is 1.55. The fourth-order valence-electron chi connectivity index (χ4n) is 2.43. The number of aromatic nitrogens is 2. The number of piperazine rings is 1. The Labute approximate surface area is 127 Å². The number of nitrogens with one attached hydrogen (secondary N) is 1. The lowest BCUT2D eigenvalue weighted by Gasteiger charge is -2.34. The van der Waals surface area contributed by atoms with Crippen LogP contribution in [0.5, 0.6) is 0 Å². The molecule has 0 radical (unpaired) electrons. The Morgan fingerprint density at radius 1 is 1.62 bits per heavy atom. The number of thiophene rings is 1. The van der Waals surface area contributed by atoms with Crippen molar-refractivity contribution in [1.82, 2.24) is 20.4 Å². The molecule has 7 heteroatoms. The van der Waals surface area contributed by atoms with Crippen molar-refractivity contribution in [2.75, 3.05) is 19.6 Å². The molecule has 3 heterocycles. The van der Waals surface area contributed by atoms with Crippen molar-refractivity contribution in [1.29, 1.82) is 0 Å². The average Bonchev–Trinajstić information content (AvgIpc) is 3.16. The minimum absolute atomic E-state index is 0.152. The van der Waals surface area contributed by atoms with E-state index in [2.05, 4.69) is 22.4 Å². The molecule has 6 nitrogen and oxygen atoms in total. The summed E-state index contributed by atoms with van der Waals surface area (Å²) in [7, 11) is 0. The van der Waals surface area contributed by atoms with E-state index < -0.39 is 0 Å². The van der Waals surface area contributed by atoms with Crippen molar-refractivity contribution < 1.29 is 9.32 Å². The van der Waals surface area contributed by atoms with Gasteiger partial charge in [0.1, 0.15) is 0 Å². The number of carbonyl (C=O) groups is 1. The third-order valence-electron chi connectivity index (χ3n) is 3.62. The summed E-state index contributed by atoms with van der Waals surface area (Å²) in [6, 6.07) is 2.20. The van der Waals surface area contributed by atoms with E-state index in [-0.39, 0.29) is 11.9 Å². The summed E-state index contributed by atoms with van der Waals surface area (Å²) in [6.45, 7) is 4.54. The van der Waals surface area contributed by atoms with Crippen molar-refractivity contribution in [3.05, 3.63) is 22.7 Å². The van der Waals surface area contributed by atoms with Gasteiger partial charge >= 0.3 is 0 Å². The molecule has 2 aromatic heterocycles. The number of rotatable bonds is 4. The van der Waals surface area contributed by atoms with Gasteiger partial charge in [0.25, 0.3) is 0 Å². The zero-order valence-corrected chi connectivity index (χ0v) is 12.7. The van der Waals surface area contributed by atoms with E-state index in [4.69, 9.17) is 4.52 Å². The maximum atomic E-state index is 12.2. The van der Waals surface area contributed by atoms with E-state index in [0.29, 0.717) is 24.6 Å². The number of nitrogens with zero attached hydrogens (tertiary/aromatic N) is 3. The highest BCUT2D eigenvalue weighted by Gasteiger charge is 2.23. The molecule has 112 valence electrons. The largest absolute Gasteiger partial charge is 0.339 e. The summed E-state index contributed by atoms with van der Waals surface area (Å²) in [5.74, 6) is 1.26. The van der Waals surface area contributed by atoms with Crippen LogP contribution in [0.3, 0.4) is 0 Å². The number of aryl methyl sites for hydroxylation is 1. The number of carbonyl (C=O) groups excluding carboxylic acids is 1. The molecule has 21 heavy (non-hydrogen) atoms. The van der Waals surface area contributed by atoms with Gasteiger partial charge in [-0.2, -0.15) is 16.3 Å². The molecule has 1 fully saturated rings. The van der Waals surface area contributed by atoms with Crippen LogP contribution in [0, 0.1) is 0 Å². The fourth-order valence-corrected chi connectivity index (χ4v) is 3.07. The SMILES string of the molecule is CC1CNCCN1C(=O)CCc1nc(-c2ccsc2)no1. The van der Waals surface area contributed by atoms with Gasteiger partial charge in [0.15, 0.2) is 0 Å². The van der Waals surface area contributed by atoms with Gasteiger partial charge in [0.05, 0.1) is 0 Å². The summed E-state index contributed by atoms with van der Waals surface area (Å²) < 4.78 is 5.21. The van der Waals surface area contributed by atoms with E-state index in [1.807, 2.05) is 21.7 Å². The lowest BCUT2D eigenvalue weighted by atomic mass is 10.2. The van der Waals surface area contributed by atoms with E-state index in [1.54, 1.807) is 11.3 Å². The van der Waals surface area contributed by atoms with Gasteiger partial charge in [-0.3, -0.25) is 4.79 Å². The number of amides is 1. The molecule has 1 aliphatic rings. The summed E-state index contributed by atoms with van der Waals surface area (Å²) in [5, 5.41) is 11.2. The smallest absolute Gasteiger partial charge is 0.227 e. The molecule has 0 aliphatic carbocycles. The van der Waals surface area contributed by atoms with Crippen LogP contribution in [-0.2, 0) is 11.2 Å². The Hall–Kier alpha value is -1.73. The lowest BCUT2D eigenvalue weighted by Crippen LogP contribution is -2.52. The third kappa shape index (κ3) is 3.30. The molecule has 1 N–H and O–H groups in total. The highest BCUT2D eigenvalue weighted by Crippen LogP contribution is 2.19. The molecule has 1 atom stereocenters. The van der Waals surface area contributed by atoms with Crippen molar-refractivity contribution >= 4 is 17.2 Å². The molecular formula is C14H18N4O2S. The fraction of sp³-hybridized carbons (Fsp3) is 0.500. The van der Waals surface area contributed by atoms with E-state index in [1.165, 1.54) is 0 Å². The van der Waals surface area contributed by atoms with Crippen LogP contribution < -0.4 is 5.32 Å². The third-order valence-corrected chi connectivity index (χ3v) is 4.31. The van der Waals surface area contributed by atoms with Gasteiger partial charge in [-0.25, -0.2) is 0 Å². The van der Waals surface area contributed by atoms with Gasteiger partial charge in [0, 0.05) is 49.5 Å². The predicted molar refractivity (Wildman–Crippen MR) is 80.0 cm³/mol. The Morgan fingerprint density at radius 2 is 2.52 bits per heavy atom. The van der Waals surface area contributed by atoms with E-state index >= 15 is 0 Å². The van der Waals surface area contributed by atoms with Gasteiger partial charge in [-0.15, -0.1) is 0 Å². The Morgan fingerprint density at radius 3 is 3.29 bits per heavy atom. The molecule has 0 saturated carbocycles. The second kappa shape index (κ2) is 6.36. The molecule has 0 spiro atoms. The van der Waals surface area contributed by atoms with Gasteiger partial charge < -0.3 is 14.7 Å². The van der Waals surface area contributed by atoms with Crippen LogP contribution in [-0.4, -0.2) is 46.6 Å². The second-order valence-electron chi connectivity index (χ2n) is 5.16. The monoisotopic (exact) mass is 306 g/mol. The van der Waals surface area contributed by atoms with E-state index in [0.717, 1.165) is 25.2 Å². The van der Waals surface area contributed by atoms with Gasteiger partial charge in [0.2, 0.25) is 17.6 Å². The zero-order valence-electron chi connectivity index (χ0n) is 11.9. The topological polar surface area (TPSA) is 71.3 Å². The molecule has 1 amide bonds. The molecule has 1 unspecified atom stereocenters. The maximum Gasteiger partial charge on any atom is 0.227 e. The van der Waals surface area contributed by atoms with Crippen LogP contribution in [0.4, 0.5) is 0 Å². The quantitative estimate of drug-likeness (QED) is 0.928. The zero-order chi connectivity index (χ0) is 14.7. The van der Waals surface area contributed by atoms with Crippen molar-refractivity contribution in [3.8, 4) is 11.4 Å². The van der Waals surface area contributed by atoms with Crippen LogP contribution in [0.1, 0.15) is 19.2 Å². The number of hydrogen-bond acceptors (Lipinski definition) is 6. The van der Waals surface area contributed by atoms with Crippen LogP contribution >= 0.6 is 11.3 Å². The first-order chi connectivity index (χ1) is 10.2. The standard InChI is InChI=1S/C14H18N4O2S/c1-10-8-15-5-6-18(10)13(19)3-2-12-16-14(17-20-12)11-4-7-21-9-11/h4,7,9-10,15H,2-3,5-6,8H2,1H3. The minimum Gasteiger partial charge on any atom is -0.339 e. The number of hydrogen-bond donors (Lipinski definition) is 1. The summed E-state index contributed by atoms with van der Waals surface area (Å²) in [5.41, 5.74) is 0.956. The van der Waals surface area contributed by atoms with Crippen LogP contribution in [0.15, 0.2) is 21.3 Å². The van der Waals surface area contributed by atoms with E-state index in [9.17, 15) is 4.79 Å². The Bertz CT molecular complexity index is 596. The minimum atomic E-state index is 0.152. The summed E-state index contributed by atoms with van der Waals surface area (Å²) in [6.07, 6.45) is 0.905.